The van der Waals surface area contributed by atoms with Crippen LogP contribution >= 0.6 is 0 Å². The summed E-state index contributed by atoms with van der Waals surface area (Å²) in [6.07, 6.45) is 0. The second kappa shape index (κ2) is 7.17. The van der Waals surface area contributed by atoms with Gasteiger partial charge in [-0.3, -0.25) is 14.8 Å². The van der Waals surface area contributed by atoms with Gasteiger partial charge in [-0.15, -0.1) is 0 Å². The van der Waals surface area contributed by atoms with E-state index in [4.69, 9.17) is 0 Å². The maximum atomic E-state index is 11.6. The van der Waals surface area contributed by atoms with E-state index in [0.717, 1.165) is 28.3 Å². The molecular formula is C18H21N5O2S. The van der Waals surface area contributed by atoms with E-state index in [0.29, 0.717) is 11.5 Å². The van der Waals surface area contributed by atoms with Crippen LogP contribution in [0.5, 0.6) is 0 Å². The van der Waals surface area contributed by atoms with Crippen LogP contribution in [-0.4, -0.2) is 29.4 Å². The van der Waals surface area contributed by atoms with Crippen LogP contribution in [0.4, 0.5) is 17.2 Å². The molecule has 0 saturated carbocycles. The highest BCUT2D eigenvalue weighted by molar-refractivity contribution is 7.92. The van der Waals surface area contributed by atoms with Crippen LogP contribution in [0.25, 0.3) is 11.3 Å². The van der Waals surface area contributed by atoms with Gasteiger partial charge in [0.15, 0.2) is 5.82 Å². The number of aromatic nitrogens is 3. The molecule has 2 heterocycles. The molecule has 136 valence electrons. The van der Waals surface area contributed by atoms with Crippen molar-refractivity contribution in [3.63, 3.8) is 0 Å². The molecule has 1 aromatic carbocycles. The fourth-order valence-electron chi connectivity index (χ4n) is 2.56. The molecule has 3 rings (SSSR count). The Morgan fingerprint density at radius 3 is 2.27 bits per heavy atom. The lowest BCUT2D eigenvalue weighted by Gasteiger charge is -2.06. The van der Waals surface area contributed by atoms with Gasteiger partial charge in [0.05, 0.1) is 11.4 Å². The van der Waals surface area contributed by atoms with E-state index >= 15 is 0 Å². The smallest absolute Gasteiger partial charge is 0.232 e. The largest absolute Gasteiger partial charge is 0.339 e. The number of nitrogens with zero attached hydrogens (tertiary/aromatic N) is 2. The Balaban J connectivity index is 1.75. The topological polar surface area (TPSA) is 99.8 Å². The van der Waals surface area contributed by atoms with E-state index in [9.17, 15) is 8.42 Å². The minimum atomic E-state index is -3.27. The van der Waals surface area contributed by atoms with Crippen molar-refractivity contribution in [1.29, 1.82) is 0 Å². The number of anilines is 3. The number of hydrogen-bond donors (Lipinski definition) is 3. The molecule has 0 unspecified atom stereocenters. The highest BCUT2D eigenvalue weighted by Crippen LogP contribution is 2.24. The van der Waals surface area contributed by atoms with E-state index in [1.54, 1.807) is 19.1 Å². The van der Waals surface area contributed by atoms with Crippen molar-refractivity contribution >= 4 is 27.2 Å². The van der Waals surface area contributed by atoms with Gasteiger partial charge in [0.25, 0.3) is 0 Å². The first-order valence-corrected chi connectivity index (χ1v) is 9.88. The Bertz CT molecular complexity index is 990. The summed E-state index contributed by atoms with van der Waals surface area (Å²) in [5.41, 5.74) is 5.09. The molecule has 0 amide bonds. The molecule has 26 heavy (non-hydrogen) atoms. The molecule has 0 aliphatic carbocycles. The lowest BCUT2D eigenvalue weighted by atomic mass is 10.1. The Kier molecular flexibility index (Phi) is 4.94. The fraction of sp³-hybridized carbons (Fsp3) is 0.222. The average Bonchev–Trinajstić information content (AvgIpc) is 3.02. The van der Waals surface area contributed by atoms with Crippen molar-refractivity contribution in [2.75, 3.05) is 15.8 Å². The molecule has 0 atom stereocenters. The number of hydrogen-bond acceptors (Lipinski definition) is 5. The van der Waals surface area contributed by atoms with Crippen LogP contribution in [0.2, 0.25) is 0 Å². The highest BCUT2D eigenvalue weighted by Gasteiger charge is 2.08. The zero-order valence-corrected chi connectivity index (χ0v) is 15.7. The van der Waals surface area contributed by atoms with E-state index in [-0.39, 0.29) is 5.75 Å². The predicted octanol–water partition coefficient (Wildman–Crippen LogP) is 3.59. The number of rotatable bonds is 6. The molecule has 7 nitrogen and oxygen atoms in total. The molecule has 0 radical (unpaired) electrons. The summed E-state index contributed by atoms with van der Waals surface area (Å²) in [5.74, 6) is 0.735. The Labute approximate surface area is 152 Å². The van der Waals surface area contributed by atoms with Crippen molar-refractivity contribution in [3.8, 4) is 11.3 Å². The third-order valence-electron chi connectivity index (χ3n) is 3.78. The third-order valence-corrected chi connectivity index (χ3v) is 5.09. The monoisotopic (exact) mass is 371 g/mol. The molecule has 0 saturated heterocycles. The van der Waals surface area contributed by atoms with E-state index in [1.165, 1.54) is 0 Å². The van der Waals surface area contributed by atoms with Crippen LogP contribution in [0.3, 0.4) is 0 Å². The first-order chi connectivity index (χ1) is 12.3. The molecular weight excluding hydrogens is 350 g/mol. The van der Waals surface area contributed by atoms with E-state index in [2.05, 4.69) is 25.2 Å². The van der Waals surface area contributed by atoms with Gasteiger partial charge in [-0.2, -0.15) is 5.10 Å². The van der Waals surface area contributed by atoms with Crippen LogP contribution in [0.1, 0.15) is 18.3 Å². The van der Waals surface area contributed by atoms with E-state index in [1.807, 2.05) is 44.2 Å². The number of benzene rings is 1. The predicted molar refractivity (Wildman–Crippen MR) is 104 cm³/mol. The number of H-pyrrole nitrogens is 1. The number of aryl methyl sites for hydroxylation is 2. The maximum Gasteiger partial charge on any atom is 0.232 e. The minimum absolute atomic E-state index is 0.0400. The first kappa shape index (κ1) is 17.9. The third kappa shape index (κ3) is 4.40. The molecule has 8 heteroatoms. The molecule has 0 aliphatic heterocycles. The second-order valence-electron chi connectivity index (χ2n) is 6.01. The molecule has 0 spiro atoms. The van der Waals surface area contributed by atoms with Gasteiger partial charge >= 0.3 is 0 Å². The summed E-state index contributed by atoms with van der Waals surface area (Å²) >= 11 is 0. The second-order valence-corrected chi connectivity index (χ2v) is 8.02. The SMILES string of the molecule is CCS(=O)(=O)Nc1ccc(-c2cc(Nc3cc(C)nc(C)c3)n[nH]2)cc1. The van der Waals surface area contributed by atoms with Crippen LogP contribution in [0.15, 0.2) is 42.5 Å². The van der Waals surface area contributed by atoms with Crippen molar-refractivity contribution in [1.82, 2.24) is 15.2 Å². The molecule has 0 fully saturated rings. The standard InChI is InChI=1S/C18H21N5O2S/c1-4-26(24,25)23-15-7-5-14(6-8-15)17-11-18(22-21-17)20-16-9-12(2)19-13(3)10-16/h5-11,23H,4H2,1-3H3,(H2,19,20,21,22). The van der Waals surface area contributed by atoms with Gasteiger partial charge in [0.1, 0.15) is 0 Å². The van der Waals surface area contributed by atoms with Gasteiger partial charge < -0.3 is 5.32 Å². The van der Waals surface area contributed by atoms with Crippen molar-refractivity contribution < 1.29 is 8.42 Å². The normalized spacial score (nSPS) is 11.3. The Hall–Kier alpha value is -2.87. The summed E-state index contributed by atoms with van der Waals surface area (Å²) in [6.45, 7) is 5.49. The van der Waals surface area contributed by atoms with Gasteiger partial charge in [0.2, 0.25) is 10.0 Å². The zero-order chi connectivity index (χ0) is 18.7. The summed E-state index contributed by atoms with van der Waals surface area (Å²) in [4.78, 5) is 4.35. The number of nitrogens with one attached hydrogen (secondary N) is 3. The van der Waals surface area contributed by atoms with Gasteiger partial charge in [-0.05, 0) is 50.6 Å². The summed E-state index contributed by atoms with van der Waals surface area (Å²) in [5, 5.41) is 10.5. The lowest BCUT2D eigenvalue weighted by Crippen LogP contribution is -2.14. The molecule has 3 aromatic rings. The fourth-order valence-corrected chi connectivity index (χ4v) is 3.20. The summed E-state index contributed by atoms with van der Waals surface area (Å²) in [7, 11) is -3.27. The number of aromatic amines is 1. The quantitative estimate of drug-likeness (QED) is 0.615. The number of pyridine rings is 1. The van der Waals surface area contributed by atoms with Gasteiger partial charge in [-0.1, -0.05) is 12.1 Å². The molecule has 2 aromatic heterocycles. The lowest BCUT2D eigenvalue weighted by molar-refractivity contribution is 0.602. The summed E-state index contributed by atoms with van der Waals surface area (Å²) < 4.78 is 25.7. The van der Waals surface area contributed by atoms with Crippen molar-refractivity contribution in [2.24, 2.45) is 0 Å². The van der Waals surface area contributed by atoms with Crippen LogP contribution in [-0.2, 0) is 10.0 Å². The summed E-state index contributed by atoms with van der Waals surface area (Å²) in [6, 6.07) is 12.9. The maximum absolute atomic E-state index is 11.6. The molecule has 0 aliphatic rings. The molecule has 3 N–H and O–H groups in total. The van der Waals surface area contributed by atoms with E-state index < -0.39 is 10.0 Å². The first-order valence-electron chi connectivity index (χ1n) is 8.23. The Morgan fingerprint density at radius 2 is 1.65 bits per heavy atom. The minimum Gasteiger partial charge on any atom is -0.339 e. The van der Waals surface area contributed by atoms with Gasteiger partial charge in [-0.25, -0.2) is 8.42 Å². The molecule has 0 bridgehead atoms. The van der Waals surface area contributed by atoms with Crippen LogP contribution in [0, 0.1) is 13.8 Å². The van der Waals surface area contributed by atoms with Crippen molar-refractivity contribution in [3.05, 3.63) is 53.9 Å². The van der Waals surface area contributed by atoms with Crippen LogP contribution < -0.4 is 10.0 Å². The number of sulfonamides is 1. The Morgan fingerprint density at radius 1 is 1.00 bits per heavy atom. The van der Waals surface area contributed by atoms with Crippen molar-refractivity contribution in [2.45, 2.75) is 20.8 Å². The highest BCUT2D eigenvalue weighted by atomic mass is 32.2. The zero-order valence-electron chi connectivity index (χ0n) is 14.9. The van der Waals surface area contributed by atoms with Gasteiger partial charge in [0, 0.05) is 28.8 Å². The average molecular weight is 371 g/mol.